The molecule has 0 aromatic carbocycles. The topological polar surface area (TPSA) is 102 Å². The molecule has 8 nitrogen and oxygen atoms in total. The van der Waals surface area contributed by atoms with Crippen molar-refractivity contribution in [2.45, 2.75) is 148 Å². The van der Waals surface area contributed by atoms with Crippen LogP contribution in [0.1, 0.15) is 136 Å². The van der Waals surface area contributed by atoms with E-state index in [0.717, 1.165) is 77.0 Å². The van der Waals surface area contributed by atoms with Gasteiger partial charge in [0.15, 0.2) is 6.10 Å². The highest BCUT2D eigenvalue weighted by molar-refractivity contribution is 5.70. The normalized spacial score (nSPS) is 13.9. The monoisotopic (exact) mass is 780 g/mol. The fourth-order valence-electron chi connectivity index (χ4n) is 5.52. The Morgan fingerprint density at radius 3 is 1.62 bits per heavy atom. The van der Waals surface area contributed by atoms with Crippen molar-refractivity contribution in [2.24, 2.45) is 0 Å². The predicted octanol–water partition coefficient (Wildman–Crippen LogP) is 10.2. The van der Waals surface area contributed by atoms with Crippen LogP contribution in [-0.2, 0) is 28.6 Å². The van der Waals surface area contributed by atoms with Crippen molar-refractivity contribution >= 4 is 17.9 Å². The highest BCUT2D eigenvalue weighted by Crippen LogP contribution is 2.12. The number of carboxylic acid groups (broad SMARTS) is 1. The van der Waals surface area contributed by atoms with Crippen LogP contribution in [0.5, 0.6) is 0 Å². The van der Waals surface area contributed by atoms with Crippen LogP contribution < -0.4 is 5.11 Å². The molecule has 0 fully saturated rings. The van der Waals surface area contributed by atoms with Crippen LogP contribution >= 0.6 is 0 Å². The minimum Gasteiger partial charge on any atom is -0.544 e. The Labute approximate surface area is 341 Å². The Morgan fingerprint density at radius 1 is 0.554 bits per heavy atom. The highest BCUT2D eigenvalue weighted by atomic mass is 16.6. The summed E-state index contributed by atoms with van der Waals surface area (Å²) < 4.78 is 17.1. The van der Waals surface area contributed by atoms with E-state index in [1.807, 2.05) is 0 Å². The number of carbonyl (C=O) groups is 3. The molecule has 0 spiro atoms. The van der Waals surface area contributed by atoms with E-state index in [-0.39, 0.29) is 55.5 Å². The van der Waals surface area contributed by atoms with E-state index in [9.17, 15) is 19.5 Å². The molecule has 0 aliphatic carbocycles. The number of unbranched alkanes of at least 4 members (excludes halogenated alkanes) is 8. The van der Waals surface area contributed by atoms with Gasteiger partial charge in [0, 0.05) is 19.3 Å². The molecule has 0 N–H and O–H groups in total. The van der Waals surface area contributed by atoms with Crippen molar-refractivity contribution in [3.63, 3.8) is 0 Å². The van der Waals surface area contributed by atoms with Gasteiger partial charge in [0.1, 0.15) is 12.6 Å². The van der Waals surface area contributed by atoms with E-state index >= 15 is 0 Å². The number of nitrogens with zero attached hydrogens (tertiary/aromatic N) is 1. The molecule has 0 saturated carbocycles. The van der Waals surface area contributed by atoms with Crippen LogP contribution in [0.3, 0.4) is 0 Å². The van der Waals surface area contributed by atoms with E-state index in [2.05, 4.69) is 111 Å². The number of aliphatic carboxylic acids is 1. The van der Waals surface area contributed by atoms with Gasteiger partial charge in [0.05, 0.1) is 40.3 Å². The van der Waals surface area contributed by atoms with Crippen LogP contribution in [0.4, 0.5) is 0 Å². The zero-order valence-corrected chi connectivity index (χ0v) is 35.8. The second-order valence-corrected chi connectivity index (χ2v) is 14.9. The van der Waals surface area contributed by atoms with Crippen LogP contribution in [0.25, 0.3) is 0 Å². The van der Waals surface area contributed by atoms with Crippen molar-refractivity contribution in [1.29, 1.82) is 0 Å². The molecule has 0 amide bonds. The number of carbonyl (C=O) groups excluding carboxylic acids is 3. The maximum Gasteiger partial charge on any atom is 0.306 e. The fraction of sp³-hybridized carbons (Fsp3) is 0.604. The van der Waals surface area contributed by atoms with Crippen molar-refractivity contribution < 1.29 is 38.2 Å². The molecule has 0 radical (unpaired) electrons. The quantitative estimate of drug-likeness (QED) is 0.0205. The predicted molar refractivity (Wildman–Crippen MR) is 231 cm³/mol. The van der Waals surface area contributed by atoms with Crippen LogP contribution in [-0.4, -0.2) is 75.5 Å². The molecule has 0 aliphatic rings. The summed E-state index contributed by atoms with van der Waals surface area (Å²) in [7, 11) is 5.37. The van der Waals surface area contributed by atoms with E-state index in [0.29, 0.717) is 6.42 Å². The molecule has 0 heterocycles. The molecule has 316 valence electrons. The minimum absolute atomic E-state index is 0.0113. The van der Waals surface area contributed by atoms with Gasteiger partial charge in [0.25, 0.3) is 0 Å². The van der Waals surface area contributed by atoms with Crippen LogP contribution in [0.15, 0.2) is 97.2 Å². The Hall–Kier alpha value is -3.75. The molecular weight excluding hydrogens is 703 g/mol. The molecule has 0 rings (SSSR count). The first kappa shape index (κ1) is 52.2. The van der Waals surface area contributed by atoms with Gasteiger partial charge >= 0.3 is 11.9 Å². The number of quaternary nitrogens is 1. The summed E-state index contributed by atoms with van der Waals surface area (Å²) in [5, 5.41) is 11.6. The number of likely N-dealkylation sites (N-methyl/N-ethyl adjacent to an activating group) is 1. The van der Waals surface area contributed by atoms with Gasteiger partial charge in [0.2, 0.25) is 0 Å². The minimum atomic E-state index is -1.14. The molecule has 0 aromatic rings. The second kappa shape index (κ2) is 38.1. The van der Waals surface area contributed by atoms with E-state index in [1.54, 1.807) is 21.1 Å². The largest absolute Gasteiger partial charge is 0.544 e. The smallest absolute Gasteiger partial charge is 0.306 e. The Morgan fingerprint density at radius 2 is 1.05 bits per heavy atom. The van der Waals surface area contributed by atoms with E-state index in [4.69, 9.17) is 14.2 Å². The molecule has 0 bridgehead atoms. The summed E-state index contributed by atoms with van der Waals surface area (Å²) in [6.07, 6.45) is 50.1. The van der Waals surface area contributed by atoms with Crippen LogP contribution in [0.2, 0.25) is 0 Å². The van der Waals surface area contributed by atoms with Gasteiger partial charge in [-0.3, -0.25) is 9.59 Å². The zero-order valence-electron chi connectivity index (χ0n) is 35.8. The van der Waals surface area contributed by atoms with Gasteiger partial charge in [-0.2, -0.15) is 0 Å². The summed E-state index contributed by atoms with van der Waals surface area (Å²) in [6.45, 7) is 4.32. The summed E-state index contributed by atoms with van der Waals surface area (Å²) in [5.41, 5.74) is 0. The molecule has 56 heavy (non-hydrogen) atoms. The second-order valence-electron chi connectivity index (χ2n) is 14.9. The number of allylic oxidation sites excluding steroid dienone is 16. The molecule has 0 aromatic heterocycles. The molecular formula is C48H77NO7. The Bertz CT molecular complexity index is 1230. The SMILES string of the molecule is CC/C=C/C=C/C=C/CCCCCCCCCC(=O)OC(COCCC(C(=O)[O-])[N+](C)(C)C)COC(=O)CCC/C=C/C/C=C/C/C=C/C/C=C/C/C=C/CC. The lowest BCUT2D eigenvalue weighted by Gasteiger charge is -2.34. The lowest BCUT2D eigenvalue weighted by Crippen LogP contribution is -2.55. The number of hydrogen-bond acceptors (Lipinski definition) is 7. The van der Waals surface area contributed by atoms with Crippen molar-refractivity contribution in [3.05, 3.63) is 97.2 Å². The third-order valence-corrected chi connectivity index (χ3v) is 8.78. The first-order chi connectivity index (χ1) is 27.1. The van der Waals surface area contributed by atoms with Crippen molar-refractivity contribution in [2.75, 3.05) is 41.0 Å². The van der Waals surface area contributed by atoms with Gasteiger partial charge in [-0.1, -0.05) is 143 Å². The molecule has 2 atom stereocenters. The summed E-state index contributed by atoms with van der Waals surface area (Å²) in [4.78, 5) is 36.8. The van der Waals surface area contributed by atoms with Crippen LogP contribution in [0, 0.1) is 0 Å². The lowest BCUT2D eigenvalue weighted by atomic mass is 10.1. The summed E-state index contributed by atoms with van der Waals surface area (Å²) in [6, 6.07) is -0.742. The molecule has 0 saturated heterocycles. The van der Waals surface area contributed by atoms with Gasteiger partial charge < -0.3 is 28.6 Å². The average Bonchev–Trinajstić information content (AvgIpc) is 3.15. The van der Waals surface area contributed by atoms with Crippen molar-refractivity contribution in [1.82, 2.24) is 0 Å². The third kappa shape index (κ3) is 35.9. The first-order valence-corrected chi connectivity index (χ1v) is 21.3. The summed E-state index contributed by atoms with van der Waals surface area (Å²) in [5.74, 6) is -1.84. The van der Waals surface area contributed by atoms with Gasteiger partial charge in [-0.05, 0) is 70.6 Å². The standard InChI is InChI=1S/C48H77NO7/c1-6-8-10-12-14-16-18-20-22-23-25-26-28-30-32-34-36-38-46(50)55-43-44(42-54-41-40-45(48(52)53)49(3,4)5)56-47(51)39-37-35-33-31-29-27-24-21-19-17-15-13-11-9-7-2/h8-11,13-17,19-20,22,25-26,30,32,44-45H,6-7,12,18,21,23-24,27-29,31,33-43H2,1-5H3/b10-8+,11-9+,15-13+,16-14+,19-17+,22-20+,26-25+,32-30+. The van der Waals surface area contributed by atoms with E-state index < -0.39 is 18.1 Å². The maximum atomic E-state index is 12.7. The van der Waals surface area contributed by atoms with Gasteiger partial charge in [-0.25, -0.2) is 0 Å². The molecule has 0 aliphatic heterocycles. The highest BCUT2D eigenvalue weighted by Gasteiger charge is 2.25. The fourth-order valence-corrected chi connectivity index (χ4v) is 5.52. The average molecular weight is 780 g/mol. The number of hydrogen-bond donors (Lipinski definition) is 0. The lowest BCUT2D eigenvalue weighted by molar-refractivity contribution is -0.889. The van der Waals surface area contributed by atoms with E-state index in [1.165, 1.54) is 19.3 Å². The third-order valence-electron chi connectivity index (χ3n) is 8.78. The molecule has 2 unspecified atom stereocenters. The van der Waals surface area contributed by atoms with Gasteiger partial charge in [-0.15, -0.1) is 0 Å². The number of esters is 2. The Kier molecular flexibility index (Phi) is 35.6. The number of rotatable bonds is 36. The summed E-state index contributed by atoms with van der Waals surface area (Å²) >= 11 is 0. The zero-order chi connectivity index (χ0) is 41.4. The van der Waals surface area contributed by atoms with Crippen molar-refractivity contribution in [3.8, 4) is 0 Å². The maximum absolute atomic E-state index is 12.7. The number of carboxylic acids is 1. The number of ether oxygens (including phenoxy) is 3. The first-order valence-electron chi connectivity index (χ1n) is 21.3. The molecule has 8 heteroatoms. The Balaban J connectivity index is 4.50.